The lowest BCUT2D eigenvalue weighted by atomic mass is 10.0. The van der Waals surface area contributed by atoms with Crippen LogP contribution in [0.25, 0.3) is 0 Å². The molecular formula is C31H36Cl2N2O3. The zero-order chi connectivity index (χ0) is 27.5. The van der Waals surface area contributed by atoms with Crippen molar-refractivity contribution in [3.63, 3.8) is 0 Å². The van der Waals surface area contributed by atoms with Crippen molar-refractivity contribution in [3.05, 3.63) is 99.5 Å². The Morgan fingerprint density at radius 1 is 0.947 bits per heavy atom. The molecule has 0 unspecified atom stereocenters. The smallest absolute Gasteiger partial charge is 0.243 e. The molecule has 3 aromatic carbocycles. The van der Waals surface area contributed by atoms with Gasteiger partial charge in [0, 0.05) is 41.0 Å². The highest BCUT2D eigenvalue weighted by atomic mass is 35.5. The minimum atomic E-state index is -0.732. The molecule has 0 aliphatic rings. The third-order valence-electron chi connectivity index (χ3n) is 6.49. The fourth-order valence-corrected chi connectivity index (χ4v) is 4.56. The highest BCUT2D eigenvalue weighted by Gasteiger charge is 2.31. The number of halogens is 2. The maximum Gasteiger partial charge on any atom is 0.243 e. The molecule has 0 aromatic heterocycles. The molecule has 0 saturated heterocycles. The number of nitrogens with one attached hydrogen (secondary N) is 1. The molecule has 0 aliphatic heterocycles. The Morgan fingerprint density at radius 2 is 1.61 bits per heavy atom. The van der Waals surface area contributed by atoms with Crippen LogP contribution in [0.3, 0.4) is 0 Å². The first kappa shape index (κ1) is 29.5. The molecule has 0 bridgehead atoms. The van der Waals surface area contributed by atoms with Crippen molar-refractivity contribution in [3.8, 4) is 5.75 Å². The van der Waals surface area contributed by atoms with Gasteiger partial charge in [-0.2, -0.15) is 0 Å². The normalized spacial score (nSPS) is 12.4. The van der Waals surface area contributed by atoms with Crippen LogP contribution in [0.2, 0.25) is 10.0 Å². The van der Waals surface area contributed by atoms with E-state index < -0.39 is 6.04 Å². The summed E-state index contributed by atoms with van der Waals surface area (Å²) in [6.07, 6.45) is 1.88. The summed E-state index contributed by atoms with van der Waals surface area (Å²) in [5, 5.41) is 3.98. The number of aryl methyl sites for hydroxylation is 1. The second kappa shape index (κ2) is 14.8. The van der Waals surface area contributed by atoms with Gasteiger partial charge in [0.1, 0.15) is 11.8 Å². The summed E-state index contributed by atoms with van der Waals surface area (Å²) in [4.78, 5) is 28.9. The van der Waals surface area contributed by atoms with Gasteiger partial charge in [0.15, 0.2) is 0 Å². The Morgan fingerprint density at radius 3 is 2.24 bits per heavy atom. The zero-order valence-electron chi connectivity index (χ0n) is 22.3. The maximum atomic E-state index is 13.7. The molecule has 7 heteroatoms. The lowest BCUT2D eigenvalue weighted by molar-refractivity contribution is -0.141. The van der Waals surface area contributed by atoms with Crippen molar-refractivity contribution < 1.29 is 14.3 Å². The molecule has 2 amide bonds. The summed E-state index contributed by atoms with van der Waals surface area (Å²) >= 11 is 13.0. The van der Waals surface area contributed by atoms with E-state index in [1.54, 1.807) is 23.1 Å². The van der Waals surface area contributed by atoms with Crippen LogP contribution in [0.1, 0.15) is 49.8 Å². The van der Waals surface area contributed by atoms with Crippen molar-refractivity contribution in [2.75, 3.05) is 6.61 Å². The summed E-state index contributed by atoms with van der Waals surface area (Å²) in [6, 6.07) is 22.0. The third kappa shape index (κ3) is 8.78. The predicted molar refractivity (Wildman–Crippen MR) is 155 cm³/mol. The molecule has 3 aromatic rings. The van der Waals surface area contributed by atoms with E-state index >= 15 is 0 Å². The van der Waals surface area contributed by atoms with Gasteiger partial charge in [-0.3, -0.25) is 9.59 Å². The van der Waals surface area contributed by atoms with E-state index in [9.17, 15) is 9.59 Å². The van der Waals surface area contributed by atoms with E-state index in [0.29, 0.717) is 35.1 Å². The third-order valence-corrected chi connectivity index (χ3v) is 7.20. The number of benzene rings is 3. The van der Waals surface area contributed by atoms with Gasteiger partial charge in [-0.05, 0) is 56.5 Å². The number of hydrogen-bond donors (Lipinski definition) is 1. The van der Waals surface area contributed by atoms with Gasteiger partial charge < -0.3 is 15.0 Å². The van der Waals surface area contributed by atoms with Crippen molar-refractivity contribution in [1.82, 2.24) is 10.2 Å². The Balaban J connectivity index is 1.84. The minimum absolute atomic E-state index is 0.0236. The summed E-state index contributed by atoms with van der Waals surface area (Å²) < 4.78 is 5.83. The van der Waals surface area contributed by atoms with Gasteiger partial charge in [0.2, 0.25) is 11.8 Å². The topological polar surface area (TPSA) is 58.6 Å². The van der Waals surface area contributed by atoms with Crippen LogP contribution in [-0.4, -0.2) is 35.4 Å². The summed E-state index contributed by atoms with van der Waals surface area (Å²) in [5.74, 6) is 0.405. The number of nitrogens with zero attached hydrogens (tertiary/aromatic N) is 1. The average molecular weight is 556 g/mol. The zero-order valence-corrected chi connectivity index (χ0v) is 23.8. The average Bonchev–Trinajstić information content (AvgIpc) is 2.91. The van der Waals surface area contributed by atoms with Crippen molar-refractivity contribution in [2.45, 2.75) is 65.1 Å². The molecule has 38 heavy (non-hydrogen) atoms. The number of ether oxygens (including phenoxy) is 1. The van der Waals surface area contributed by atoms with Crippen LogP contribution in [0, 0.1) is 6.92 Å². The van der Waals surface area contributed by atoms with Gasteiger partial charge >= 0.3 is 0 Å². The second-order valence-corrected chi connectivity index (χ2v) is 10.3. The number of amides is 2. The fourth-order valence-electron chi connectivity index (χ4n) is 4.04. The number of rotatable bonds is 13. The van der Waals surface area contributed by atoms with Crippen LogP contribution >= 0.6 is 23.2 Å². The largest absolute Gasteiger partial charge is 0.494 e. The van der Waals surface area contributed by atoms with Crippen molar-refractivity contribution >= 4 is 35.0 Å². The standard InChI is InChI=1S/C31H36Cl2N2O3/c1-4-23(3)34-31(37)29(20-24-10-6-5-7-11-24)35(21-26-27(32)12-8-13-28(26)33)30(36)14-9-19-38-25-17-15-22(2)16-18-25/h5-8,10-13,15-18,23,29H,4,9,14,19-21H2,1-3H3,(H,34,37)/t23-,29+/m0/s1. The highest BCUT2D eigenvalue weighted by Crippen LogP contribution is 2.27. The minimum Gasteiger partial charge on any atom is -0.494 e. The van der Waals surface area contributed by atoms with Crippen LogP contribution in [0.4, 0.5) is 0 Å². The molecule has 0 fully saturated rings. The maximum absolute atomic E-state index is 13.7. The van der Waals surface area contributed by atoms with Crippen LogP contribution < -0.4 is 10.1 Å². The molecule has 3 rings (SSSR count). The first-order chi connectivity index (χ1) is 18.3. The Hall–Kier alpha value is -3.02. The number of carbonyl (C=O) groups is 2. The molecule has 0 heterocycles. The second-order valence-electron chi connectivity index (χ2n) is 9.51. The lowest BCUT2D eigenvalue weighted by Crippen LogP contribution is -2.52. The van der Waals surface area contributed by atoms with Crippen LogP contribution in [0.15, 0.2) is 72.8 Å². The monoisotopic (exact) mass is 554 g/mol. The van der Waals surface area contributed by atoms with Gasteiger partial charge in [-0.25, -0.2) is 0 Å². The van der Waals surface area contributed by atoms with Crippen molar-refractivity contribution in [1.29, 1.82) is 0 Å². The molecule has 0 radical (unpaired) electrons. The summed E-state index contributed by atoms with van der Waals surface area (Å²) in [5.41, 5.74) is 2.73. The molecule has 1 N–H and O–H groups in total. The van der Waals surface area contributed by atoms with E-state index in [1.165, 1.54) is 0 Å². The molecule has 0 aliphatic carbocycles. The first-order valence-electron chi connectivity index (χ1n) is 13.0. The molecule has 0 saturated carbocycles. The molecule has 202 valence electrons. The SMILES string of the molecule is CC[C@H](C)NC(=O)[C@@H](Cc1ccccc1)N(Cc1c(Cl)cccc1Cl)C(=O)CCCOc1ccc(C)cc1. The summed E-state index contributed by atoms with van der Waals surface area (Å²) in [7, 11) is 0. The van der Waals surface area contributed by atoms with Gasteiger partial charge in [-0.1, -0.05) is 84.2 Å². The quantitative estimate of drug-likeness (QED) is 0.231. The molecule has 0 spiro atoms. The van der Waals surface area contributed by atoms with E-state index in [4.69, 9.17) is 27.9 Å². The van der Waals surface area contributed by atoms with E-state index in [2.05, 4.69) is 5.32 Å². The van der Waals surface area contributed by atoms with Crippen LogP contribution in [-0.2, 0) is 22.6 Å². The molecule has 5 nitrogen and oxygen atoms in total. The Kier molecular flexibility index (Phi) is 11.5. The predicted octanol–water partition coefficient (Wildman–Crippen LogP) is 7.02. The van der Waals surface area contributed by atoms with Crippen LogP contribution in [0.5, 0.6) is 5.75 Å². The van der Waals surface area contributed by atoms with E-state index in [-0.39, 0.29) is 30.8 Å². The van der Waals surface area contributed by atoms with E-state index in [1.807, 2.05) is 75.4 Å². The van der Waals surface area contributed by atoms with E-state index in [0.717, 1.165) is 23.3 Å². The molecule has 2 atom stereocenters. The van der Waals surface area contributed by atoms with Gasteiger partial charge in [0.05, 0.1) is 6.61 Å². The molecular weight excluding hydrogens is 519 g/mol. The lowest BCUT2D eigenvalue weighted by Gasteiger charge is -2.33. The van der Waals surface area contributed by atoms with Crippen molar-refractivity contribution in [2.24, 2.45) is 0 Å². The number of hydrogen-bond acceptors (Lipinski definition) is 3. The highest BCUT2D eigenvalue weighted by molar-refractivity contribution is 6.36. The van der Waals surface area contributed by atoms with Gasteiger partial charge in [0.25, 0.3) is 0 Å². The first-order valence-corrected chi connectivity index (χ1v) is 13.8. The fraction of sp³-hybridized carbons (Fsp3) is 0.355. The summed E-state index contributed by atoms with van der Waals surface area (Å²) in [6.45, 7) is 6.50. The van der Waals surface area contributed by atoms with Gasteiger partial charge in [-0.15, -0.1) is 0 Å². The Bertz CT molecular complexity index is 1170. The number of carbonyl (C=O) groups excluding carboxylic acids is 2. The Labute approximate surface area is 236 Å².